The van der Waals surface area contributed by atoms with E-state index in [4.69, 9.17) is 0 Å². The van der Waals surface area contributed by atoms with E-state index >= 15 is 0 Å². The van der Waals surface area contributed by atoms with E-state index in [1.807, 2.05) is 0 Å². The van der Waals surface area contributed by atoms with Crippen LogP contribution in [0.15, 0.2) is 0 Å². The van der Waals surface area contributed by atoms with Crippen molar-refractivity contribution in [2.24, 2.45) is 0 Å². The standard InChI is InChI=1S/C10H18N2O2/c1-2-3-6-11-9(13)8-12-7-4-5-10(12)14/h2-8H2,1H3,(H,11,13). The molecule has 80 valence electrons. The molecule has 0 unspecified atom stereocenters. The molecule has 2 amide bonds. The molecule has 1 saturated heterocycles. The SMILES string of the molecule is CCCCNC(=O)CN1CCCC1=O. The summed E-state index contributed by atoms with van der Waals surface area (Å²) in [4.78, 5) is 24.1. The second-order valence-corrected chi connectivity index (χ2v) is 3.62. The highest BCUT2D eigenvalue weighted by atomic mass is 16.2. The van der Waals surface area contributed by atoms with Crippen LogP contribution in [0.2, 0.25) is 0 Å². The number of hydrogen-bond acceptors (Lipinski definition) is 2. The fourth-order valence-corrected chi connectivity index (χ4v) is 1.51. The Balaban J connectivity index is 2.16. The van der Waals surface area contributed by atoms with Crippen LogP contribution in [0.1, 0.15) is 32.6 Å². The van der Waals surface area contributed by atoms with Gasteiger partial charge in [0.05, 0.1) is 6.54 Å². The zero-order chi connectivity index (χ0) is 10.4. The molecule has 1 N–H and O–H groups in total. The van der Waals surface area contributed by atoms with E-state index in [2.05, 4.69) is 12.2 Å². The Bertz CT molecular complexity index is 216. The molecule has 1 fully saturated rings. The molecule has 0 radical (unpaired) electrons. The van der Waals surface area contributed by atoms with Gasteiger partial charge in [0, 0.05) is 19.5 Å². The molecule has 0 aromatic carbocycles. The summed E-state index contributed by atoms with van der Waals surface area (Å²) in [5.74, 6) is 0.0735. The minimum atomic E-state index is -0.0336. The average Bonchev–Trinajstić information content (AvgIpc) is 2.52. The summed E-state index contributed by atoms with van der Waals surface area (Å²) in [6.07, 6.45) is 3.56. The highest BCUT2D eigenvalue weighted by molar-refractivity contribution is 5.85. The van der Waals surface area contributed by atoms with Crippen LogP contribution in [-0.2, 0) is 9.59 Å². The molecule has 0 aromatic heterocycles. The molecule has 0 spiro atoms. The number of rotatable bonds is 5. The molecule has 0 atom stereocenters. The largest absolute Gasteiger partial charge is 0.355 e. The van der Waals surface area contributed by atoms with Crippen LogP contribution in [0.3, 0.4) is 0 Å². The number of hydrogen-bond donors (Lipinski definition) is 1. The second-order valence-electron chi connectivity index (χ2n) is 3.62. The van der Waals surface area contributed by atoms with Crippen molar-refractivity contribution in [3.8, 4) is 0 Å². The zero-order valence-electron chi connectivity index (χ0n) is 8.71. The number of amides is 2. The van der Waals surface area contributed by atoms with Gasteiger partial charge in [-0.1, -0.05) is 13.3 Å². The third kappa shape index (κ3) is 3.36. The monoisotopic (exact) mass is 198 g/mol. The van der Waals surface area contributed by atoms with Gasteiger partial charge in [0.15, 0.2) is 0 Å². The Morgan fingerprint density at radius 3 is 2.93 bits per heavy atom. The first-order chi connectivity index (χ1) is 6.74. The summed E-state index contributed by atoms with van der Waals surface area (Å²) in [6.45, 7) is 3.77. The smallest absolute Gasteiger partial charge is 0.239 e. The molecule has 14 heavy (non-hydrogen) atoms. The van der Waals surface area contributed by atoms with Gasteiger partial charge in [0.2, 0.25) is 11.8 Å². The molecule has 1 rings (SSSR count). The Morgan fingerprint density at radius 2 is 2.36 bits per heavy atom. The third-order valence-corrected chi connectivity index (χ3v) is 2.36. The summed E-state index contributed by atoms with van der Waals surface area (Å²) in [5, 5.41) is 2.80. The quantitative estimate of drug-likeness (QED) is 0.655. The maximum atomic E-state index is 11.3. The molecule has 4 nitrogen and oxygen atoms in total. The fraction of sp³-hybridized carbons (Fsp3) is 0.800. The van der Waals surface area contributed by atoms with Gasteiger partial charge in [0.1, 0.15) is 0 Å². The van der Waals surface area contributed by atoms with Gasteiger partial charge in [-0.05, 0) is 12.8 Å². The fourth-order valence-electron chi connectivity index (χ4n) is 1.51. The maximum absolute atomic E-state index is 11.3. The molecular formula is C10H18N2O2. The van der Waals surface area contributed by atoms with Crippen molar-refractivity contribution < 1.29 is 9.59 Å². The van der Waals surface area contributed by atoms with E-state index in [9.17, 15) is 9.59 Å². The summed E-state index contributed by atoms with van der Waals surface area (Å²) in [5.41, 5.74) is 0. The first-order valence-electron chi connectivity index (χ1n) is 5.28. The van der Waals surface area contributed by atoms with Gasteiger partial charge in [-0.15, -0.1) is 0 Å². The summed E-state index contributed by atoms with van der Waals surface area (Å²) in [7, 11) is 0. The number of carbonyl (C=O) groups is 2. The predicted molar refractivity (Wildman–Crippen MR) is 53.7 cm³/mol. The minimum Gasteiger partial charge on any atom is -0.355 e. The highest BCUT2D eigenvalue weighted by Gasteiger charge is 2.21. The maximum Gasteiger partial charge on any atom is 0.239 e. The topological polar surface area (TPSA) is 49.4 Å². The molecule has 0 aromatic rings. The Kier molecular flexibility index (Phi) is 4.43. The Morgan fingerprint density at radius 1 is 1.57 bits per heavy atom. The van der Waals surface area contributed by atoms with Gasteiger partial charge in [-0.3, -0.25) is 9.59 Å². The summed E-state index contributed by atoms with van der Waals surface area (Å²) in [6, 6.07) is 0. The lowest BCUT2D eigenvalue weighted by molar-refractivity contribution is -0.133. The Labute approximate surface area is 84.7 Å². The lowest BCUT2D eigenvalue weighted by Gasteiger charge is -2.14. The van der Waals surface area contributed by atoms with Gasteiger partial charge in [-0.2, -0.15) is 0 Å². The van der Waals surface area contributed by atoms with E-state index in [0.29, 0.717) is 6.42 Å². The lowest BCUT2D eigenvalue weighted by atomic mass is 10.3. The average molecular weight is 198 g/mol. The summed E-state index contributed by atoms with van der Waals surface area (Å²) < 4.78 is 0. The van der Waals surface area contributed by atoms with Crippen molar-refractivity contribution in [3.05, 3.63) is 0 Å². The van der Waals surface area contributed by atoms with E-state index in [1.165, 1.54) is 0 Å². The Hall–Kier alpha value is -1.06. The number of likely N-dealkylation sites (tertiary alicyclic amines) is 1. The normalized spacial score (nSPS) is 16.1. The van der Waals surface area contributed by atoms with Crippen molar-refractivity contribution in [2.75, 3.05) is 19.6 Å². The minimum absolute atomic E-state index is 0.0336. The van der Waals surface area contributed by atoms with E-state index in [1.54, 1.807) is 4.90 Å². The van der Waals surface area contributed by atoms with Gasteiger partial charge < -0.3 is 10.2 Å². The predicted octanol–water partition coefficient (Wildman–Crippen LogP) is 0.525. The molecule has 0 saturated carbocycles. The highest BCUT2D eigenvalue weighted by Crippen LogP contribution is 2.08. The van der Waals surface area contributed by atoms with Crippen molar-refractivity contribution in [3.63, 3.8) is 0 Å². The molecule has 1 heterocycles. The van der Waals surface area contributed by atoms with Crippen LogP contribution in [0.5, 0.6) is 0 Å². The molecule has 0 bridgehead atoms. The van der Waals surface area contributed by atoms with Gasteiger partial charge in [-0.25, -0.2) is 0 Å². The summed E-state index contributed by atoms with van der Waals surface area (Å²) >= 11 is 0. The number of unbranched alkanes of at least 4 members (excludes halogenated alkanes) is 1. The van der Waals surface area contributed by atoms with Crippen molar-refractivity contribution >= 4 is 11.8 Å². The lowest BCUT2D eigenvalue weighted by Crippen LogP contribution is -2.38. The van der Waals surface area contributed by atoms with Crippen LogP contribution in [0, 0.1) is 0 Å². The van der Waals surface area contributed by atoms with Crippen LogP contribution in [-0.4, -0.2) is 36.3 Å². The van der Waals surface area contributed by atoms with Crippen molar-refractivity contribution in [2.45, 2.75) is 32.6 Å². The molecular weight excluding hydrogens is 180 g/mol. The second kappa shape index (κ2) is 5.62. The van der Waals surface area contributed by atoms with E-state index in [0.717, 1.165) is 32.4 Å². The zero-order valence-corrected chi connectivity index (χ0v) is 8.71. The number of carbonyl (C=O) groups excluding carboxylic acids is 2. The number of nitrogens with zero attached hydrogens (tertiary/aromatic N) is 1. The van der Waals surface area contributed by atoms with Gasteiger partial charge >= 0.3 is 0 Å². The van der Waals surface area contributed by atoms with Crippen LogP contribution < -0.4 is 5.32 Å². The van der Waals surface area contributed by atoms with Crippen molar-refractivity contribution in [1.82, 2.24) is 10.2 Å². The van der Waals surface area contributed by atoms with Gasteiger partial charge in [0.25, 0.3) is 0 Å². The van der Waals surface area contributed by atoms with Crippen LogP contribution in [0.4, 0.5) is 0 Å². The van der Waals surface area contributed by atoms with E-state index < -0.39 is 0 Å². The first kappa shape index (κ1) is 11.0. The molecule has 1 aliphatic rings. The molecule has 4 heteroatoms. The first-order valence-corrected chi connectivity index (χ1v) is 5.28. The van der Waals surface area contributed by atoms with Crippen molar-refractivity contribution in [1.29, 1.82) is 0 Å². The molecule has 0 aliphatic carbocycles. The number of nitrogens with one attached hydrogen (secondary N) is 1. The van der Waals surface area contributed by atoms with Crippen LogP contribution >= 0.6 is 0 Å². The van der Waals surface area contributed by atoms with E-state index in [-0.39, 0.29) is 18.4 Å². The van der Waals surface area contributed by atoms with Crippen LogP contribution in [0.25, 0.3) is 0 Å². The molecule has 1 aliphatic heterocycles. The third-order valence-electron chi connectivity index (χ3n) is 2.36.